The van der Waals surface area contributed by atoms with E-state index in [1.807, 2.05) is 0 Å². The van der Waals surface area contributed by atoms with Gasteiger partial charge in [-0.1, -0.05) is 6.42 Å². The van der Waals surface area contributed by atoms with Crippen LogP contribution in [0.5, 0.6) is 0 Å². The molecule has 3 atom stereocenters. The molecule has 0 unspecified atom stereocenters. The molecule has 1 spiro atoms. The lowest BCUT2D eigenvalue weighted by molar-refractivity contribution is -0.177. The second-order valence-corrected chi connectivity index (χ2v) is 6.77. The van der Waals surface area contributed by atoms with E-state index in [-0.39, 0.29) is 17.7 Å². The number of amides is 3. The van der Waals surface area contributed by atoms with E-state index in [0.29, 0.717) is 19.5 Å². The zero-order chi connectivity index (χ0) is 16.1. The molecule has 1 saturated carbocycles. The molecule has 3 N–H and O–H groups in total. The number of nitrogens with two attached hydrogens (primary N) is 1. The number of primary amides is 1. The van der Waals surface area contributed by atoms with Crippen LogP contribution in [0.2, 0.25) is 0 Å². The van der Waals surface area contributed by atoms with Crippen LogP contribution >= 0.6 is 0 Å². The van der Waals surface area contributed by atoms with Crippen molar-refractivity contribution in [2.75, 3.05) is 13.1 Å². The van der Waals surface area contributed by atoms with Crippen LogP contribution in [0.1, 0.15) is 39.0 Å². The van der Waals surface area contributed by atoms with E-state index in [4.69, 9.17) is 5.73 Å². The Morgan fingerprint density at radius 3 is 2.50 bits per heavy atom. The predicted octanol–water partition coefficient (Wildman–Crippen LogP) is -0.775. The summed E-state index contributed by atoms with van der Waals surface area (Å²) in [7, 11) is 0. The lowest BCUT2D eigenvalue weighted by Crippen LogP contribution is -2.77. The second kappa shape index (κ2) is 5.22. The SMILES string of the molecule is C[C@@H](O)[C@@H](C(N)=O)N1C[C@]2(CCCN2C(=O)C2CCC2)C1=O. The Kier molecular flexibility index (Phi) is 3.63. The number of carbonyl (C=O) groups is 3. The minimum absolute atomic E-state index is 0.0560. The average Bonchev–Trinajstić information content (AvgIpc) is 2.81. The fourth-order valence-corrected chi connectivity index (χ4v) is 3.94. The number of aliphatic hydroxyl groups excluding tert-OH is 1. The highest BCUT2D eigenvalue weighted by molar-refractivity contribution is 6.00. The van der Waals surface area contributed by atoms with E-state index in [0.717, 1.165) is 25.7 Å². The van der Waals surface area contributed by atoms with Crippen molar-refractivity contribution < 1.29 is 19.5 Å². The molecule has 0 aromatic heterocycles. The van der Waals surface area contributed by atoms with Crippen LogP contribution < -0.4 is 5.73 Å². The van der Waals surface area contributed by atoms with Crippen LogP contribution in [0.4, 0.5) is 0 Å². The van der Waals surface area contributed by atoms with E-state index in [9.17, 15) is 19.5 Å². The van der Waals surface area contributed by atoms with Gasteiger partial charge in [0, 0.05) is 12.5 Å². The fourth-order valence-electron chi connectivity index (χ4n) is 3.94. The Morgan fingerprint density at radius 2 is 2.05 bits per heavy atom. The quantitative estimate of drug-likeness (QED) is 0.665. The maximum atomic E-state index is 12.7. The van der Waals surface area contributed by atoms with Crippen molar-refractivity contribution in [2.24, 2.45) is 11.7 Å². The van der Waals surface area contributed by atoms with Crippen molar-refractivity contribution in [3.63, 3.8) is 0 Å². The molecule has 2 aliphatic heterocycles. The van der Waals surface area contributed by atoms with Gasteiger partial charge in [0.05, 0.1) is 12.6 Å². The van der Waals surface area contributed by atoms with Crippen molar-refractivity contribution in [1.29, 1.82) is 0 Å². The number of hydrogen-bond donors (Lipinski definition) is 2. The summed E-state index contributed by atoms with van der Waals surface area (Å²) >= 11 is 0. The van der Waals surface area contributed by atoms with Gasteiger partial charge in [-0.3, -0.25) is 14.4 Å². The Morgan fingerprint density at radius 1 is 1.36 bits per heavy atom. The van der Waals surface area contributed by atoms with Gasteiger partial charge >= 0.3 is 0 Å². The normalized spacial score (nSPS) is 30.9. The highest BCUT2D eigenvalue weighted by Crippen LogP contribution is 2.42. The van der Waals surface area contributed by atoms with Crippen molar-refractivity contribution in [1.82, 2.24) is 9.80 Å². The molecule has 122 valence electrons. The standard InChI is InChI=1S/C15H23N3O4/c1-9(19)11(12(16)20)17-8-15(14(17)22)6-3-7-18(15)13(21)10-4-2-5-10/h9-11,19H,2-8H2,1H3,(H2,16,20)/t9-,11+,15-/m1/s1. The highest BCUT2D eigenvalue weighted by atomic mass is 16.3. The van der Waals surface area contributed by atoms with Gasteiger partial charge in [0.25, 0.3) is 5.91 Å². The molecular weight excluding hydrogens is 286 g/mol. The number of likely N-dealkylation sites (tertiary alicyclic amines) is 2. The zero-order valence-electron chi connectivity index (χ0n) is 12.8. The maximum Gasteiger partial charge on any atom is 0.251 e. The first kappa shape index (κ1) is 15.3. The van der Waals surface area contributed by atoms with Gasteiger partial charge in [0.15, 0.2) is 0 Å². The summed E-state index contributed by atoms with van der Waals surface area (Å²) in [4.78, 5) is 39.8. The van der Waals surface area contributed by atoms with E-state index < -0.39 is 23.6 Å². The smallest absolute Gasteiger partial charge is 0.251 e. The van der Waals surface area contributed by atoms with Crippen LogP contribution in [0.25, 0.3) is 0 Å². The van der Waals surface area contributed by atoms with E-state index in [1.54, 1.807) is 4.90 Å². The molecule has 3 fully saturated rings. The van der Waals surface area contributed by atoms with Crippen LogP contribution in [0.3, 0.4) is 0 Å². The summed E-state index contributed by atoms with van der Waals surface area (Å²) in [5.41, 5.74) is 4.50. The molecule has 7 nitrogen and oxygen atoms in total. The molecule has 0 aromatic carbocycles. The van der Waals surface area contributed by atoms with Gasteiger partial charge < -0.3 is 20.6 Å². The number of nitrogens with zero attached hydrogens (tertiary/aromatic N) is 2. The van der Waals surface area contributed by atoms with E-state index in [1.165, 1.54) is 11.8 Å². The molecule has 7 heteroatoms. The molecule has 1 aliphatic carbocycles. The molecule has 3 aliphatic rings. The Labute approximate surface area is 129 Å². The summed E-state index contributed by atoms with van der Waals surface area (Å²) in [6.45, 7) is 2.34. The third-order valence-electron chi connectivity index (χ3n) is 5.38. The number of rotatable bonds is 4. The van der Waals surface area contributed by atoms with Crippen LogP contribution in [-0.4, -0.2) is 63.4 Å². The minimum Gasteiger partial charge on any atom is -0.391 e. The largest absolute Gasteiger partial charge is 0.391 e. The number of hydrogen-bond acceptors (Lipinski definition) is 4. The summed E-state index contributed by atoms with van der Waals surface area (Å²) in [6, 6.07) is -1.01. The van der Waals surface area contributed by atoms with Gasteiger partial charge in [-0.15, -0.1) is 0 Å². The summed E-state index contributed by atoms with van der Waals surface area (Å²) in [5, 5.41) is 9.70. The summed E-state index contributed by atoms with van der Waals surface area (Å²) < 4.78 is 0. The molecular formula is C15H23N3O4. The van der Waals surface area contributed by atoms with Gasteiger partial charge in [-0.2, -0.15) is 0 Å². The first-order valence-corrected chi connectivity index (χ1v) is 7.98. The molecule has 3 rings (SSSR count). The number of carbonyl (C=O) groups excluding carboxylic acids is 3. The molecule has 0 aromatic rings. The van der Waals surface area contributed by atoms with Crippen molar-refractivity contribution in [3.05, 3.63) is 0 Å². The Balaban J connectivity index is 1.76. The first-order valence-electron chi connectivity index (χ1n) is 7.98. The third kappa shape index (κ3) is 2.02. The first-order chi connectivity index (χ1) is 10.4. The van der Waals surface area contributed by atoms with E-state index >= 15 is 0 Å². The van der Waals surface area contributed by atoms with Gasteiger partial charge in [0.2, 0.25) is 11.8 Å². The maximum absolute atomic E-state index is 12.7. The minimum atomic E-state index is -1.02. The van der Waals surface area contributed by atoms with Crippen LogP contribution in [0, 0.1) is 5.92 Å². The van der Waals surface area contributed by atoms with Crippen molar-refractivity contribution in [2.45, 2.75) is 56.7 Å². The topological polar surface area (TPSA) is 104 Å². The molecule has 3 amide bonds. The molecule has 2 saturated heterocycles. The molecule has 0 bridgehead atoms. The summed E-state index contributed by atoms with van der Waals surface area (Å²) in [5.74, 6) is -0.833. The van der Waals surface area contributed by atoms with Gasteiger partial charge in [-0.05, 0) is 32.6 Å². The molecule has 0 radical (unpaired) electrons. The molecule has 22 heavy (non-hydrogen) atoms. The molecule has 2 heterocycles. The van der Waals surface area contributed by atoms with Crippen molar-refractivity contribution in [3.8, 4) is 0 Å². The van der Waals surface area contributed by atoms with Crippen LogP contribution in [0.15, 0.2) is 0 Å². The Bertz CT molecular complexity index is 517. The van der Waals surface area contributed by atoms with Gasteiger partial charge in [-0.25, -0.2) is 0 Å². The van der Waals surface area contributed by atoms with E-state index in [2.05, 4.69) is 0 Å². The second-order valence-electron chi connectivity index (χ2n) is 6.77. The lowest BCUT2D eigenvalue weighted by atomic mass is 9.80. The van der Waals surface area contributed by atoms with Gasteiger partial charge in [0.1, 0.15) is 11.6 Å². The van der Waals surface area contributed by atoms with Crippen molar-refractivity contribution >= 4 is 17.7 Å². The number of β-lactam (4-membered cyclic amide) rings is 1. The highest BCUT2D eigenvalue weighted by Gasteiger charge is 2.62. The van der Waals surface area contributed by atoms with Crippen LogP contribution in [-0.2, 0) is 14.4 Å². The zero-order valence-corrected chi connectivity index (χ0v) is 12.8. The average molecular weight is 309 g/mol. The monoisotopic (exact) mass is 309 g/mol. The lowest BCUT2D eigenvalue weighted by Gasteiger charge is -2.54. The third-order valence-corrected chi connectivity index (χ3v) is 5.38. The number of aliphatic hydroxyl groups is 1. The Hall–Kier alpha value is -1.63. The fraction of sp³-hybridized carbons (Fsp3) is 0.800. The summed E-state index contributed by atoms with van der Waals surface area (Å²) in [6.07, 6.45) is 3.29. The predicted molar refractivity (Wildman–Crippen MR) is 77.4 cm³/mol.